The van der Waals surface area contributed by atoms with E-state index in [1.807, 2.05) is 0 Å². The number of fused-ring (bicyclic) bond motifs is 1. The molecule has 4 heteroatoms. The van der Waals surface area contributed by atoms with Gasteiger partial charge in [-0.05, 0) is 0 Å². The Morgan fingerprint density at radius 3 is 2.30 bits per heavy atom. The van der Waals surface area contributed by atoms with Crippen molar-refractivity contribution >= 4 is 5.91 Å². The molecule has 1 saturated carbocycles. The first-order valence-corrected chi connectivity index (χ1v) is 3.47. The Morgan fingerprint density at radius 1 is 1.50 bits per heavy atom. The van der Waals surface area contributed by atoms with Crippen molar-refractivity contribution in [1.82, 2.24) is 5.32 Å². The van der Waals surface area contributed by atoms with Crippen LogP contribution < -0.4 is 16.8 Å². The molecular formula is C6H11N3O. The van der Waals surface area contributed by atoms with Crippen LogP contribution >= 0.6 is 0 Å². The fourth-order valence-electron chi connectivity index (χ4n) is 1.95. The summed E-state index contributed by atoms with van der Waals surface area (Å²) in [7, 11) is 0. The zero-order valence-corrected chi connectivity index (χ0v) is 5.63. The first-order chi connectivity index (χ1) is 4.67. The van der Waals surface area contributed by atoms with Gasteiger partial charge in [-0.25, -0.2) is 0 Å². The SMILES string of the molecule is NC(=O)[C@@]1(N)[C@@H]2CNC[C@@H]21. The topological polar surface area (TPSA) is 81.1 Å². The number of primary amides is 1. The normalized spacial score (nSPS) is 50.5. The Kier molecular flexibility index (Phi) is 0.928. The van der Waals surface area contributed by atoms with Gasteiger partial charge in [0.15, 0.2) is 0 Å². The Labute approximate surface area is 58.9 Å². The molecule has 0 unspecified atom stereocenters. The standard InChI is InChI=1S/C6H11N3O/c7-5(10)6(8)3-1-9-2-4(3)6/h3-4,9H,1-2,8H2,(H2,7,10)/t3-,4+,6-. The van der Waals surface area contributed by atoms with Gasteiger partial charge in [0.1, 0.15) is 5.54 Å². The van der Waals surface area contributed by atoms with E-state index in [1.165, 1.54) is 0 Å². The Bertz CT molecular complexity index is 181. The molecule has 1 aliphatic heterocycles. The second kappa shape index (κ2) is 1.52. The maximum atomic E-state index is 10.8. The van der Waals surface area contributed by atoms with Gasteiger partial charge in [0.2, 0.25) is 5.91 Å². The predicted octanol–water partition coefficient (Wildman–Crippen LogP) is -1.98. The first-order valence-electron chi connectivity index (χ1n) is 3.47. The van der Waals surface area contributed by atoms with E-state index in [9.17, 15) is 4.79 Å². The second-order valence-corrected chi connectivity index (χ2v) is 3.17. The van der Waals surface area contributed by atoms with Gasteiger partial charge in [-0.2, -0.15) is 0 Å². The molecule has 0 aromatic rings. The van der Waals surface area contributed by atoms with Gasteiger partial charge in [0, 0.05) is 24.9 Å². The van der Waals surface area contributed by atoms with Gasteiger partial charge in [0.25, 0.3) is 0 Å². The number of carbonyl (C=O) groups excluding carboxylic acids is 1. The largest absolute Gasteiger partial charge is 0.368 e. The van der Waals surface area contributed by atoms with Crippen molar-refractivity contribution in [3.63, 3.8) is 0 Å². The number of piperidine rings is 1. The van der Waals surface area contributed by atoms with E-state index >= 15 is 0 Å². The van der Waals surface area contributed by atoms with Crippen LogP contribution in [0.5, 0.6) is 0 Å². The molecule has 0 aromatic carbocycles. The van der Waals surface area contributed by atoms with Crippen molar-refractivity contribution in [1.29, 1.82) is 0 Å². The van der Waals surface area contributed by atoms with E-state index in [0.29, 0.717) is 11.8 Å². The molecule has 3 atom stereocenters. The lowest BCUT2D eigenvalue weighted by Gasteiger charge is -2.10. The zero-order chi connectivity index (χ0) is 7.35. The number of rotatable bonds is 1. The number of nitrogens with two attached hydrogens (primary N) is 2. The van der Waals surface area contributed by atoms with Gasteiger partial charge >= 0.3 is 0 Å². The number of nitrogens with one attached hydrogen (secondary N) is 1. The van der Waals surface area contributed by atoms with Crippen molar-refractivity contribution in [2.45, 2.75) is 5.54 Å². The van der Waals surface area contributed by atoms with E-state index in [1.54, 1.807) is 0 Å². The Balaban J connectivity index is 2.17. The van der Waals surface area contributed by atoms with Crippen molar-refractivity contribution in [2.75, 3.05) is 13.1 Å². The van der Waals surface area contributed by atoms with Crippen LogP contribution in [0, 0.1) is 11.8 Å². The fraction of sp³-hybridized carbons (Fsp3) is 0.833. The fourth-order valence-corrected chi connectivity index (χ4v) is 1.95. The third kappa shape index (κ3) is 0.468. The molecule has 56 valence electrons. The van der Waals surface area contributed by atoms with Crippen molar-refractivity contribution in [3.8, 4) is 0 Å². The van der Waals surface area contributed by atoms with Crippen molar-refractivity contribution in [2.24, 2.45) is 23.3 Å². The first kappa shape index (κ1) is 6.12. The van der Waals surface area contributed by atoms with Crippen LogP contribution in [0.4, 0.5) is 0 Å². The Hall–Kier alpha value is -0.610. The smallest absolute Gasteiger partial charge is 0.238 e. The molecule has 0 spiro atoms. The van der Waals surface area contributed by atoms with Crippen LogP contribution in [0.25, 0.3) is 0 Å². The molecule has 10 heavy (non-hydrogen) atoms. The van der Waals surface area contributed by atoms with Gasteiger partial charge < -0.3 is 16.8 Å². The lowest BCUT2D eigenvalue weighted by atomic mass is 10.1. The van der Waals surface area contributed by atoms with E-state index < -0.39 is 5.54 Å². The summed E-state index contributed by atoms with van der Waals surface area (Å²) in [6.07, 6.45) is 0. The molecule has 1 heterocycles. The highest BCUT2D eigenvalue weighted by Gasteiger charge is 2.67. The van der Waals surface area contributed by atoms with Crippen LogP contribution in [0.2, 0.25) is 0 Å². The molecule has 2 fully saturated rings. The molecule has 0 radical (unpaired) electrons. The molecule has 1 amide bonds. The molecular weight excluding hydrogens is 130 g/mol. The summed E-state index contributed by atoms with van der Waals surface area (Å²) in [6, 6.07) is 0. The molecule has 2 rings (SSSR count). The highest BCUT2D eigenvalue weighted by molar-refractivity contribution is 5.89. The van der Waals surface area contributed by atoms with Crippen LogP contribution in [0.3, 0.4) is 0 Å². The minimum atomic E-state index is -0.661. The third-order valence-corrected chi connectivity index (χ3v) is 2.76. The monoisotopic (exact) mass is 141 g/mol. The minimum absolute atomic E-state index is 0.310. The average Bonchev–Trinajstić information content (AvgIpc) is 2.28. The molecule has 0 bridgehead atoms. The summed E-state index contributed by atoms with van der Waals surface area (Å²) in [5.41, 5.74) is 10.2. The van der Waals surface area contributed by atoms with Crippen LogP contribution in [-0.4, -0.2) is 24.5 Å². The third-order valence-electron chi connectivity index (χ3n) is 2.76. The highest BCUT2D eigenvalue weighted by Crippen LogP contribution is 2.50. The summed E-state index contributed by atoms with van der Waals surface area (Å²) in [6.45, 7) is 1.70. The van der Waals surface area contributed by atoms with Crippen LogP contribution in [-0.2, 0) is 4.79 Å². The van der Waals surface area contributed by atoms with Crippen LogP contribution in [0.1, 0.15) is 0 Å². The highest BCUT2D eigenvalue weighted by atomic mass is 16.1. The van der Waals surface area contributed by atoms with E-state index in [2.05, 4.69) is 5.32 Å². The van der Waals surface area contributed by atoms with E-state index in [0.717, 1.165) is 13.1 Å². The molecule has 1 aliphatic carbocycles. The predicted molar refractivity (Wildman–Crippen MR) is 36.0 cm³/mol. The molecule has 0 aromatic heterocycles. The van der Waals surface area contributed by atoms with Gasteiger partial charge in [0.05, 0.1) is 0 Å². The number of hydrogen-bond acceptors (Lipinski definition) is 3. The van der Waals surface area contributed by atoms with Crippen molar-refractivity contribution < 1.29 is 4.79 Å². The minimum Gasteiger partial charge on any atom is -0.368 e. The molecule has 4 nitrogen and oxygen atoms in total. The summed E-state index contributed by atoms with van der Waals surface area (Å²) in [5, 5.41) is 3.14. The van der Waals surface area contributed by atoms with Crippen LogP contribution in [0.15, 0.2) is 0 Å². The van der Waals surface area contributed by atoms with Crippen molar-refractivity contribution in [3.05, 3.63) is 0 Å². The maximum absolute atomic E-state index is 10.8. The number of amides is 1. The summed E-state index contributed by atoms with van der Waals surface area (Å²) >= 11 is 0. The zero-order valence-electron chi connectivity index (χ0n) is 5.63. The molecule has 1 saturated heterocycles. The summed E-state index contributed by atoms with van der Waals surface area (Å²) in [4.78, 5) is 10.8. The lowest BCUT2D eigenvalue weighted by Crippen LogP contribution is -2.46. The summed E-state index contributed by atoms with van der Waals surface area (Å²) in [5.74, 6) is 0.277. The molecule has 2 aliphatic rings. The second-order valence-electron chi connectivity index (χ2n) is 3.17. The van der Waals surface area contributed by atoms with Gasteiger partial charge in [-0.1, -0.05) is 0 Å². The van der Waals surface area contributed by atoms with Gasteiger partial charge in [-0.15, -0.1) is 0 Å². The average molecular weight is 141 g/mol. The maximum Gasteiger partial charge on any atom is 0.238 e. The number of carbonyl (C=O) groups is 1. The summed E-state index contributed by atoms with van der Waals surface area (Å²) < 4.78 is 0. The van der Waals surface area contributed by atoms with E-state index in [4.69, 9.17) is 11.5 Å². The lowest BCUT2D eigenvalue weighted by molar-refractivity contribution is -0.120. The van der Waals surface area contributed by atoms with E-state index in [-0.39, 0.29) is 5.91 Å². The molecule has 5 N–H and O–H groups in total. The quantitative estimate of drug-likeness (QED) is 0.396. The Morgan fingerprint density at radius 2 is 2.00 bits per heavy atom. The van der Waals surface area contributed by atoms with Gasteiger partial charge in [-0.3, -0.25) is 4.79 Å². The number of hydrogen-bond donors (Lipinski definition) is 3.